The van der Waals surface area contributed by atoms with Crippen molar-refractivity contribution in [3.8, 4) is 5.82 Å². The van der Waals surface area contributed by atoms with Crippen LogP contribution in [0.25, 0.3) is 16.9 Å². The fourth-order valence-electron chi connectivity index (χ4n) is 2.30. The van der Waals surface area contributed by atoms with Gasteiger partial charge in [0.05, 0.1) is 5.56 Å². The van der Waals surface area contributed by atoms with Crippen LogP contribution in [0, 0.1) is 5.82 Å². The van der Waals surface area contributed by atoms with Gasteiger partial charge in [-0.3, -0.25) is 4.57 Å². The van der Waals surface area contributed by atoms with E-state index < -0.39 is 11.8 Å². The fourth-order valence-corrected chi connectivity index (χ4v) is 2.30. The Bertz CT molecular complexity index is 1040. The maximum Gasteiger partial charge on any atom is 0.338 e. The number of rotatable bonds is 4. The molecular formula is C17H11FN4O3. The van der Waals surface area contributed by atoms with Crippen molar-refractivity contribution in [3.63, 3.8) is 0 Å². The number of carbonyl (C=O) groups excluding carboxylic acids is 1. The number of benzene rings is 1. The van der Waals surface area contributed by atoms with Crippen LogP contribution in [0.3, 0.4) is 0 Å². The summed E-state index contributed by atoms with van der Waals surface area (Å²) < 4.78 is 25.4. The lowest BCUT2D eigenvalue weighted by atomic mass is 10.2. The van der Waals surface area contributed by atoms with Crippen molar-refractivity contribution >= 4 is 17.1 Å². The number of hydrogen-bond donors (Lipinski definition) is 0. The van der Waals surface area contributed by atoms with E-state index in [1.807, 2.05) is 0 Å². The van der Waals surface area contributed by atoms with Gasteiger partial charge in [-0.05, 0) is 24.3 Å². The first-order chi connectivity index (χ1) is 12.2. The van der Waals surface area contributed by atoms with Crippen molar-refractivity contribution in [1.29, 1.82) is 0 Å². The lowest BCUT2D eigenvalue weighted by Crippen LogP contribution is -2.07. The van der Waals surface area contributed by atoms with Crippen molar-refractivity contribution in [2.45, 2.75) is 6.61 Å². The van der Waals surface area contributed by atoms with Gasteiger partial charge in [-0.2, -0.15) is 0 Å². The van der Waals surface area contributed by atoms with Crippen LogP contribution in [0.4, 0.5) is 4.39 Å². The second-order valence-electron chi connectivity index (χ2n) is 5.17. The van der Waals surface area contributed by atoms with Gasteiger partial charge in [-0.15, -0.1) is 0 Å². The predicted octanol–water partition coefficient (Wildman–Crippen LogP) is 2.90. The molecule has 25 heavy (non-hydrogen) atoms. The van der Waals surface area contributed by atoms with Crippen molar-refractivity contribution < 1.29 is 18.3 Å². The van der Waals surface area contributed by atoms with Crippen molar-refractivity contribution in [3.05, 3.63) is 72.5 Å². The molecule has 0 amide bonds. The van der Waals surface area contributed by atoms with E-state index in [2.05, 4.69) is 15.0 Å². The molecule has 0 aliphatic rings. The van der Waals surface area contributed by atoms with Crippen LogP contribution in [-0.4, -0.2) is 25.5 Å². The highest BCUT2D eigenvalue weighted by Crippen LogP contribution is 2.17. The van der Waals surface area contributed by atoms with Crippen LogP contribution < -0.4 is 0 Å². The molecule has 1 aromatic carbocycles. The average Bonchev–Trinajstić information content (AvgIpc) is 3.29. The van der Waals surface area contributed by atoms with Crippen molar-refractivity contribution in [2.24, 2.45) is 0 Å². The molecule has 0 spiro atoms. The normalized spacial score (nSPS) is 10.9. The number of oxazole rings is 1. The molecule has 0 saturated carbocycles. The van der Waals surface area contributed by atoms with Gasteiger partial charge in [0.25, 0.3) is 0 Å². The molecule has 0 unspecified atom stereocenters. The Balaban J connectivity index is 1.49. The summed E-state index contributed by atoms with van der Waals surface area (Å²) >= 11 is 0. The first-order valence-corrected chi connectivity index (χ1v) is 7.35. The molecule has 0 bridgehead atoms. The molecule has 4 aromatic rings. The van der Waals surface area contributed by atoms with Gasteiger partial charge >= 0.3 is 5.97 Å². The second kappa shape index (κ2) is 6.16. The first kappa shape index (κ1) is 15.0. The first-order valence-electron chi connectivity index (χ1n) is 7.35. The molecule has 3 heterocycles. The molecule has 0 saturated heterocycles. The van der Waals surface area contributed by atoms with Crippen LogP contribution in [0.1, 0.15) is 16.2 Å². The summed E-state index contributed by atoms with van der Waals surface area (Å²) in [6.07, 6.45) is 6.42. The molecular weight excluding hydrogens is 327 g/mol. The monoisotopic (exact) mass is 338 g/mol. The highest BCUT2D eigenvalue weighted by Gasteiger charge is 2.12. The molecule has 4 rings (SSSR count). The number of aromatic nitrogens is 4. The third kappa shape index (κ3) is 3.09. The number of pyridine rings is 1. The Hall–Kier alpha value is -3.55. The number of esters is 1. The zero-order chi connectivity index (χ0) is 17.2. The number of ether oxygens (including phenoxy) is 1. The van der Waals surface area contributed by atoms with Crippen LogP contribution in [0.5, 0.6) is 0 Å². The summed E-state index contributed by atoms with van der Waals surface area (Å²) in [6, 6.07) is 7.15. The van der Waals surface area contributed by atoms with Crippen molar-refractivity contribution in [2.75, 3.05) is 0 Å². The number of carbonyl (C=O) groups is 1. The quantitative estimate of drug-likeness (QED) is 0.532. The minimum Gasteiger partial charge on any atom is -0.452 e. The summed E-state index contributed by atoms with van der Waals surface area (Å²) in [5.74, 6) is -0.227. The summed E-state index contributed by atoms with van der Waals surface area (Å²) in [5, 5.41) is 0. The molecule has 0 radical (unpaired) electrons. The Labute approximate surface area is 140 Å². The summed E-state index contributed by atoms with van der Waals surface area (Å²) in [6.45, 7) is -0.155. The van der Waals surface area contributed by atoms with Crippen molar-refractivity contribution in [1.82, 2.24) is 19.5 Å². The Morgan fingerprint density at radius 1 is 1.24 bits per heavy atom. The van der Waals surface area contributed by atoms with Gasteiger partial charge in [-0.1, -0.05) is 0 Å². The third-order valence-corrected chi connectivity index (χ3v) is 3.47. The number of hydrogen-bond acceptors (Lipinski definition) is 6. The summed E-state index contributed by atoms with van der Waals surface area (Å²) in [5.41, 5.74) is 1.14. The maximum atomic E-state index is 13.2. The zero-order valence-electron chi connectivity index (χ0n) is 12.8. The molecule has 0 aliphatic heterocycles. The number of nitrogens with zero attached hydrogens (tertiary/aromatic N) is 4. The van der Waals surface area contributed by atoms with Gasteiger partial charge < -0.3 is 9.15 Å². The lowest BCUT2D eigenvalue weighted by molar-refractivity contribution is 0.0440. The Morgan fingerprint density at radius 3 is 3.00 bits per heavy atom. The van der Waals surface area contributed by atoms with E-state index in [1.54, 1.807) is 35.4 Å². The van der Waals surface area contributed by atoms with Gasteiger partial charge in [0.1, 0.15) is 23.5 Å². The number of fused-ring (bicyclic) bond motifs is 1. The van der Waals surface area contributed by atoms with Gasteiger partial charge in [0, 0.05) is 24.7 Å². The topological polar surface area (TPSA) is 83.0 Å². The molecule has 124 valence electrons. The lowest BCUT2D eigenvalue weighted by Gasteiger charge is -2.05. The highest BCUT2D eigenvalue weighted by molar-refractivity contribution is 5.89. The number of halogens is 1. The summed E-state index contributed by atoms with van der Waals surface area (Å²) in [7, 11) is 0. The maximum absolute atomic E-state index is 13.2. The largest absolute Gasteiger partial charge is 0.452 e. The fraction of sp³-hybridized carbons (Fsp3) is 0.0588. The van der Waals surface area contributed by atoms with Crippen LogP contribution in [-0.2, 0) is 11.3 Å². The minimum absolute atomic E-state index is 0.155. The van der Waals surface area contributed by atoms with E-state index in [1.165, 1.54) is 24.4 Å². The Kier molecular flexibility index (Phi) is 3.70. The SMILES string of the molecule is O=C(OCc1nc2ccc(F)cc2o1)c1ccnc(-n2ccnc2)c1. The van der Waals surface area contributed by atoms with E-state index in [4.69, 9.17) is 9.15 Å². The van der Waals surface area contributed by atoms with E-state index in [9.17, 15) is 9.18 Å². The number of imidazole rings is 1. The average molecular weight is 338 g/mol. The second-order valence-corrected chi connectivity index (χ2v) is 5.17. The minimum atomic E-state index is -0.544. The zero-order valence-corrected chi connectivity index (χ0v) is 12.8. The van der Waals surface area contributed by atoms with E-state index >= 15 is 0 Å². The molecule has 7 nitrogen and oxygen atoms in total. The van der Waals surface area contributed by atoms with E-state index in [0.29, 0.717) is 22.5 Å². The van der Waals surface area contributed by atoms with Crippen LogP contribution in [0.15, 0.2) is 59.7 Å². The Morgan fingerprint density at radius 2 is 2.16 bits per heavy atom. The van der Waals surface area contributed by atoms with Crippen LogP contribution >= 0.6 is 0 Å². The third-order valence-electron chi connectivity index (χ3n) is 3.47. The van der Waals surface area contributed by atoms with E-state index in [0.717, 1.165) is 0 Å². The molecule has 0 N–H and O–H groups in total. The van der Waals surface area contributed by atoms with Gasteiger partial charge in [-0.25, -0.2) is 24.1 Å². The van der Waals surface area contributed by atoms with Gasteiger partial charge in [0.2, 0.25) is 5.89 Å². The van der Waals surface area contributed by atoms with Gasteiger partial charge in [0.15, 0.2) is 12.2 Å². The van der Waals surface area contributed by atoms with Crippen LogP contribution in [0.2, 0.25) is 0 Å². The van der Waals surface area contributed by atoms with E-state index in [-0.39, 0.29) is 12.5 Å². The molecule has 0 atom stereocenters. The molecule has 0 fully saturated rings. The smallest absolute Gasteiger partial charge is 0.338 e. The molecule has 8 heteroatoms. The highest BCUT2D eigenvalue weighted by atomic mass is 19.1. The molecule has 3 aromatic heterocycles. The summed E-state index contributed by atoms with van der Waals surface area (Å²) in [4.78, 5) is 24.5. The molecule has 0 aliphatic carbocycles. The predicted molar refractivity (Wildman–Crippen MR) is 84.4 cm³/mol. The standard InChI is InChI=1S/C17H11FN4O3/c18-12-1-2-13-14(8-12)25-16(21-13)9-24-17(23)11-3-4-20-15(7-11)22-6-5-19-10-22/h1-8,10H,9H2.